The van der Waals surface area contributed by atoms with Gasteiger partial charge in [0.2, 0.25) is 0 Å². The minimum Gasteiger partial charge on any atom is -0.394 e. The number of nitrogens with two attached hydrogens (primary N) is 1. The molecule has 0 spiro atoms. The number of aliphatic hydroxyl groups is 1. The summed E-state index contributed by atoms with van der Waals surface area (Å²) in [6.07, 6.45) is 10.2. The number of aliphatic hydroxyl groups excluding tert-OH is 1. The summed E-state index contributed by atoms with van der Waals surface area (Å²) in [5.41, 5.74) is 8.64. The molecule has 4 saturated carbocycles. The number of aromatic nitrogens is 2. The Hall–Kier alpha value is -0.870. The van der Waals surface area contributed by atoms with Crippen LogP contribution in [0.5, 0.6) is 0 Å². The SMILES string of the molecule is NC(CO)c1[nH]ncc1C12CC3CC(CC(C3)C1)C2. The summed E-state index contributed by atoms with van der Waals surface area (Å²) in [5, 5.41) is 16.6. The third-order valence-corrected chi connectivity index (χ3v) is 5.85. The normalized spacial score (nSPS) is 41.7. The summed E-state index contributed by atoms with van der Waals surface area (Å²) in [6.45, 7) is -0.0123. The van der Waals surface area contributed by atoms with Crippen molar-refractivity contribution in [2.24, 2.45) is 23.5 Å². The molecule has 4 aliphatic carbocycles. The van der Waals surface area contributed by atoms with Crippen LogP contribution in [-0.2, 0) is 5.41 Å². The van der Waals surface area contributed by atoms with Crippen LogP contribution in [0.2, 0.25) is 0 Å². The Morgan fingerprint density at radius 1 is 1.26 bits per heavy atom. The largest absolute Gasteiger partial charge is 0.394 e. The lowest BCUT2D eigenvalue weighted by Crippen LogP contribution is -2.49. The van der Waals surface area contributed by atoms with Crippen LogP contribution in [0.15, 0.2) is 6.20 Å². The number of hydrogen-bond donors (Lipinski definition) is 3. The molecule has 4 bridgehead atoms. The van der Waals surface area contributed by atoms with E-state index in [1.807, 2.05) is 6.20 Å². The first-order valence-electron chi connectivity index (χ1n) is 7.60. The van der Waals surface area contributed by atoms with Gasteiger partial charge in [0.15, 0.2) is 0 Å². The molecule has 0 aromatic carbocycles. The Bertz CT molecular complexity index is 446. The minimum atomic E-state index is -0.314. The number of hydrogen-bond acceptors (Lipinski definition) is 3. The van der Waals surface area contributed by atoms with Crippen molar-refractivity contribution in [2.45, 2.75) is 50.0 Å². The molecule has 1 aromatic rings. The molecule has 1 heterocycles. The third kappa shape index (κ3) is 1.69. The zero-order valence-corrected chi connectivity index (χ0v) is 11.3. The van der Waals surface area contributed by atoms with E-state index in [0.717, 1.165) is 23.4 Å². The van der Waals surface area contributed by atoms with Crippen molar-refractivity contribution in [3.8, 4) is 0 Å². The maximum atomic E-state index is 9.34. The van der Waals surface area contributed by atoms with Crippen molar-refractivity contribution in [2.75, 3.05) is 6.61 Å². The van der Waals surface area contributed by atoms with Crippen LogP contribution in [0.3, 0.4) is 0 Å². The maximum Gasteiger partial charge on any atom is 0.0702 e. The maximum absolute atomic E-state index is 9.34. The third-order valence-electron chi connectivity index (χ3n) is 5.85. The molecule has 0 radical (unpaired) electrons. The highest BCUT2D eigenvalue weighted by molar-refractivity contribution is 5.32. The molecule has 4 aliphatic rings. The molecule has 1 aromatic heterocycles. The number of nitrogens with zero attached hydrogens (tertiary/aromatic N) is 1. The van der Waals surface area contributed by atoms with Crippen LogP contribution < -0.4 is 5.73 Å². The van der Waals surface area contributed by atoms with E-state index >= 15 is 0 Å². The summed E-state index contributed by atoms with van der Waals surface area (Å²) >= 11 is 0. The summed E-state index contributed by atoms with van der Waals surface area (Å²) < 4.78 is 0. The van der Waals surface area contributed by atoms with Gasteiger partial charge in [-0.1, -0.05) is 0 Å². The Morgan fingerprint density at radius 2 is 1.84 bits per heavy atom. The van der Waals surface area contributed by atoms with E-state index < -0.39 is 0 Å². The van der Waals surface area contributed by atoms with Crippen molar-refractivity contribution in [1.29, 1.82) is 0 Å². The minimum absolute atomic E-state index is 0.0123. The first-order chi connectivity index (χ1) is 9.20. The first-order valence-corrected chi connectivity index (χ1v) is 7.60. The van der Waals surface area contributed by atoms with E-state index in [9.17, 15) is 5.11 Å². The van der Waals surface area contributed by atoms with Crippen molar-refractivity contribution in [3.05, 3.63) is 17.5 Å². The highest BCUT2D eigenvalue weighted by Crippen LogP contribution is 2.61. The zero-order chi connectivity index (χ0) is 13.0. The van der Waals surface area contributed by atoms with Gasteiger partial charge in [-0.05, 0) is 61.7 Å². The smallest absolute Gasteiger partial charge is 0.0702 e. The molecule has 5 rings (SSSR count). The topological polar surface area (TPSA) is 74.9 Å². The quantitative estimate of drug-likeness (QED) is 0.777. The molecule has 4 nitrogen and oxygen atoms in total. The Balaban J connectivity index is 1.74. The number of H-pyrrole nitrogens is 1. The van der Waals surface area contributed by atoms with E-state index in [1.54, 1.807) is 0 Å². The van der Waals surface area contributed by atoms with E-state index in [4.69, 9.17) is 5.73 Å². The van der Waals surface area contributed by atoms with E-state index in [0.29, 0.717) is 5.41 Å². The second-order valence-electron chi connectivity index (χ2n) is 7.18. The predicted molar refractivity (Wildman–Crippen MR) is 72.5 cm³/mol. The summed E-state index contributed by atoms with van der Waals surface area (Å²) in [5.74, 6) is 2.75. The van der Waals surface area contributed by atoms with Crippen LogP contribution >= 0.6 is 0 Å². The summed E-state index contributed by atoms with van der Waals surface area (Å²) in [6, 6.07) is -0.314. The lowest BCUT2D eigenvalue weighted by Gasteiger charge is -2.57. The molecule has 1 unspecified atom stereocenters. The fourth-order valence-corrected chi connectivity index (χ4v) is 5.53. The Labute approximate surface area is 113 Å². The predicted octanol–water partition coefficient (Wildman–Crippen LogP) is 1.87. The van der Waals surface area contributed by atoms with Gasteiger partial charge in [-0.15, -0.1) is 0 Å². The first kappa shape index (κ1) is 11.9. The van der Waals surface area contributed by atoms with Crippen LogP contribution in [0.25, 0.3) is 0 Å². The molecule has 0 saturated heterocycles. The van der Waals surface area contributed by atoms with Gasteiger partial charge in [0.1, 0.15) is 0 Å². The molecule has 1 atom stereocenters. The van der Waals surface area contributed by atoms with Crippen molar-refractivity contribution in [3.63, 3.8) is 0 Å². The van der Waals surface area contributed by atoms with Gasteiger partial charge in [0.05, 0.1) is 24.5 Å². The van der Waals surface area contributed by atoms with Crippen LogP contribution in [0.1, 0.15) is 55.8 Å². The zero-order valence-electron chi connectivity index (χ0n) is 11.3. The lowest BCUT2D eigenvalue weighted by atomic mass is 9.48. The molecular formula is C15H23N3O. The molecule has 104 valence electrons. The molecule has 4 fully saturated rings. The van der Waals surface area contributed by atoms with Crippen LogP contribution in [0, 0.1) is 17.8 Å². The standard InChI is InChI=1S/C15H23N3O/c16-13(8-19)14-12(7-17-18-14)15-4-9-1-10(5-15)3-11(2-9)6-15/h7,9-11,13,19H,1-6,8,16H2,(H,17,18). The van der Waals surface area contributed by atoms with Crippen molar-refractivity contribution >= 4 is 0 Å². The van der Waals surface area contributed by atoms with Gasteiger partial charge in [-0.2, -0.15) is 5.10 Å². The Kier molecular flexibility index (Phi) is 2.55. The molecule has 4 N–H and O–H groups in total. The fraction of sp³-hybridized carbons (Fsp3) is 0.800. The van der Waals surface area contributed by atoms with Crippen molar-refractivity contribution in [1.82, 2.24) is 10.2 Å². The fourth-order valence-electron chi connectivity index (χ4n) is 5.53. The molecular weight excluding hydrogens is 238 g/mol. The van der Waals surface area contributed by atoms with Crippen LogP contribution in [-0.4, -0.2) is 21.9 Å². The summed E-state index contributed by atoms with van der Waals surface area (Å²) in [4.78, 5) is 0. The Morgan fingerprint density at radius 3 is 2.37 bits per heavy atom. The molecule has 0 aliphatic heterocycles. The average Bonchev–Trinajstić information content (AvgIpc) is 2.86. The van der Waals surface area contributed by atoms with E-state index in [1.165, 1.54) is 44.1 Å². The molecule has 19 heavy (non-hydrogen) atoms. The van der Waals surface area contributed by atoms with Gasteiger partial charge in [-0.25, -0.2) is 0 Å². The summed E-state index contributed by atoms with van der Waals surface area (Å²) in [7, 11) is 0. The van der Waals surface area contributed by atoms with Gasteiger partial charge in [0.25, 0.3) is 0 Å². The lowest BCUT2D eigenvalue weighted by molar-refractivity contribution is -0.00581. The van der Waals surface area contributed by atoms with Gasteiger partial charge in [-0.3, -0.25) is 5.10 Å². The second kappa shape index (κ2) is 4.06. The molecule has 0 amide bonds. The van der Waals surface area contributed by atoms with Crippen molar-refractivity contribution < 1.29 is 5.11 Å². The van der Waals surface area contributed by atoms with E-state index in [-0.39, 0.29) is 12.6 Å². The highest BCUT2D eigenvalue weighted by Gasteiger charge is 2.52. The average molecular weight is 261 g/mol. The number of rotatable bonds is 3. The monoisotopic (exact) mass is 261 g/mol. The van der Waals surface area contributed by atoms with Crippen LogP contribution in [0.4, 0.5) is 0 Å². The number of nitrogens with one attached hydrogen (secondary N) is 1. The van der Waals surface area contributed by atoms with E-state index in [2.05, 4.69) is 10.2 Å². The number of aromatic amines is 1. The van der Waals surface area contributed by atoms with Gasteiger partial charge < -0.3 is 10.8 Å². The second-order valence-corrected chi connectivity index (χ2v) is 7.18. The highest BCUT2D eigenvalue weighted by atomic mass is 16.3. The molecule has 4 heteroatoms. The van der Waals surface area contributed by atoms with Gasteiger partial charge in [0, 0.05) is 5.56 Å². The van der Waals surface area contributed by atoms with Gasteiger partial charge >= 0.3 is 0 Å².